The average Bonchev–Trinajstić information content (AvgIpc) is 2.30. The SMILES string of the molecule is CC(CCCO)NC(=O)c1ccc(F)c(Br)c1. The Labute approximate surface area is 108 Å². The summed E-state index contributed by atoms with van der Waals surface area (Å²) in [6.45, 7) is 1.98. The van der Waals surface area contributed by atoms with Crippen molar-refractivity contribution in [2.45, 2.75) is 25.8 Å². The molecular weight excluding hydrogens is 289 g/mol. The van der Waals surface area contributed by atoms with Crippen molar-refractivity contribution < 1.29 is 14.3 Å². The number of carbonyl (C=O) groups is 1. The van der Waals surface area contributed by atoms with Crippen LogP contribution in [0, 0.1) is 5.82 Å². The molecule has 1 aromatic carbocycles. The molecule has 1 amide bonds. The van der Waals surface area contributed by atoms with Crippen LogP contribution in [0.5, 0.6) is 0 Å². The number of benzene rings is 1. The lowest BCUT2D eigenvalue weighted by atomic mass is 10.1. The lowest BCUT2D eigenvalue weighted by molar-refractivity contribution is 0.0936. The summed E-state index contributed by atoms with van der Waals surface area (Å²) in [7, 11) is 0. The molecule has 0 radical (unpaired) electrons. The Morgan fingerprint density at radius 1 is 1.59 bits per heavy atom. The molecule has 1 aromatic rings. The number of aliphatic hydroxyl groups excluding tert-OH is 1. The minimum absolute atomic E-state index is 0.0153. The van der Waals surface area contributed by atoms with Crippen LogP contribution in [0.15, 0.2) is 22.7 Å². The van der Waals surface area contributed by atoms with Crippen LogP contribution in [0.2, 0.25) is 0 Å². The highest BCUT2D eigenvalue weighted by Gasteiger charge is 2.11. The van der Waals surface area contributed by atoms with Crippen LogP contribution in [0.25, 0.3) is 0 Å². The van der Waals surface area contributed by atoms with E-state index in [9.17, 15) is 9.18 Å². The van der Waals surface area contributed by atoms with E-state index in [1.54, 1.807) is 0 Å². The van der Waals surface area contributed by atoms with Gasteiger partial charge in [-0.25, -0.2) is 4.39 Å². The molecule has 0 aliphatic heterocycles. The number of halogens is 2. The Kier molecular flexibility index (Phi) is 5.58. The smallest absolute Gasteiger partial charge is 0.251 e. The molecule has 1 atom stereocenters. The van der Waals surface area contributed by atoms with E-state index in [0.717, 1.165) is 0 Å². The predicted octanol–water partition coefficient (Wildman–Crippen LogP) is 2.48. The van der Waals surface area contributed by atoms with Gasteiger partial charge in [0.1, 0.15) is 5.82 Å². The zero-order chi connectivity index (χ0) is 12.8. The molecule has 0 heterocycles. The van der Waals surface area contributed by atoms with Crippen molar-refractivity contribution in [3.05, 3.63) is 34.1 Å². The third kappa shape index (κ3) is 4.44. The van der Waals surface area contributed by atoms with Gasteiger partial charge in [-0.2, -0.15) is 0 Å². The van der Waals surface area contributed by atoms with Gasteiger partial charge < -0.3 is 10.4 Å². The maximum atomic E-state index is 13.0. The number of hydrogen-bond acceptors (Lipinski definition) is 2. The summed E-state index contributed by atoms with van der Waals surface area (Å²) in [5.41, 5.74) is 0.411. The van der Waals surface area contributed by atoms with Crippen molar-refractivity contribution in [1.82, 2.24) is 5.32 Å². The molecular formula is C12H15BrFNO2. The maximum absolute atomic E-state index is 13.0. The van der Waals surface area contributed by atoms with Crippen LogP contribution in [0.1, 0.15) is 30.1 Å². The molecule has 0 aromatic heterocycles. The second-order valence-electron chi connectivity index (χ2n) is 3.87. The fourth-order valence-electron chi connectivity index (χ4n) is 1.41. The van der Waals surface area contributed by atoms with Gasteiger partial charge in [0.2, 0.25) is 0 Å². The topological polar surface area (TPSA) is 49.3 Å². The molecule has 5 heteroatoms. The average molecular weight is 304 g/mol. The monoisotopic (exact) mass is 303 g/mol. The molecule has 1 unspecified atom stereocenters. The fourth-order valence-corrected chi connectivity index (χ4v) is 1.79. The number of hydrogen-bond donors (Lipinski definition) is 2. The van der Waals surface area contributed by atoms with Crippen molar-refractivity contribution in [3.63, 3.8) is 0 Å². The number of amides is 1. The van der Waals surface area contributed by atoms with Crippen LogP contribution in [0.3, 0.4) is 0 Å². The van der Waals surface area contributed by atoms with E-state index in [2.05, 4.69) is 21.2 Å². The summed E-state index contributed by atoms with van der Waals surface area (Å²) < 4.78 is 13.3. The summed E-state index contributed by atoms with van der Waals surface area (Å²) in [4.78, 5) is 11.8. The zero-order valence-corrected chi connectivity index (χ0v) is 11.1. The Morgan fingerprint density at radius 3 is 2.88 bits per heavy atom. The molecule has 0 fully saturated rings. The van der Waals surface area contributed by atoms with E-state index < -0.39 is 5.82 Å². The molecule has 17 heavy (non-hydrogen) atoms. The number of carbonyl (C=O) groups excluding carboxylic acids is 1. The summed E-state index contributed by atoms with van der Waals surface area (Å²) >= 11 is 3.03. The van der Waals surface area contributed by atoms with Gasteiger partial charge in [-0.05, 0) is 53.9 Å². The molecule has 0 aliphatic rings. The molecule has 1 rings (SSSR count). The summed E-state index contributed by atoms with van der Waals surface area (Å²) in [5, 5.41) is 11.5. The van der Waals surface area contributed by atoms with Gasteiger partial charge in [0.05, 0.1) is 4.47 Å². The minimum Gasteiger partial charge on any atom is -0.396 e. The Hall–Kier alpha value is -0.940. The molecule has 94 valence electrons. The van der Waals surface area contributed by atoms with E-state index >= 15 is 0 Å². The third-order valence-electron chi connectivity index (χ3n) is 2.35. The number of nitrogens with one attached hydrogen (secondary N) is 1. The van der Waals surface area contributed by atoms with Crippen molar-refractivity contribution >= 4 is 21.8 Å². The first kappa shape index (κ1) is 14.1. The molecule has 0 spiro atoms. The van der Waals surface area contributed by atoms with Crippen LogP contribution >= 0.6 is 15.9 Å². The van der Waals surface area contributed by atoms with E-state index in [4.69, 9.17) is 5.11 Å². The van der Waals surface area contributed by atoms with Gasteiger partial charge in [-0.3, -0.25) is 4.79 Å². The quantitative estimate of drug-likeness (QED) is 0.878. The first-order chi connectivity index (χ1) is 8.04. The van der Waals surface area contributed by atoms with Gasteiger partial charge in [0.15, 0.2) is 0 Å². The third-order valence-corrected chi connectivity index (χ3v) is 2.96. The standard InChI is InChI=1S/C12H15BrFNO2/c1-8(3-2-6-16)15-12(17)9-4-5-11(14)10(13)7-9/h4-5,7-8,16H,2-3,6H2,1H3,(H,15,17). The molecule has 0 aliphatic carbocycles. The second-order valence-corrected chi connectivity index (χ2v) is 4.72. The zero-order valence-electron chi connectivity index (χ0n) is 9.54. The first-order valence-corrected chi connectivity index (χ1v) is 6.20. The summed E-state index contributed by atoms with van der Waals surface area (Å²) in [6.07, 6.45) is 1.36. The van der Waals surface area contributed by atoms with Crippen LogP contribution < -0.4 is 5.32 Å². The van der Waals surface area contributed by atoms with Crippen molar-refractivity contribution in [1.29, 1.82) is 0 Å². The van der Waals surface area contributed by atoms with Crippen LogP contribution in [-0.4, -0.2) is 23.7 Å². The fraction of sp³-hybridized carbons (Fsp3) is 0.417. The number of aliphatic hydroxyl groups is 1. The summed E-state index contributed by atoms with van der Waals surface area (Å²) in [6, 6.07) is 4.12. The van der Waals surface area contributed by atoms with E-state index in [1.807, 2.05) is 6.92 Å². The maximum Gasteiger partial charge on any atom is 0.251 e. The normalized spacial score (nSPS) is 12.2. The van der Waals surface area contributed by atoms with Crippen LogP contribution in [0.4, 0.5) is 4.39 Å². The Balaban J connectivity index is 2.60. The van der Waals surface area contributed by atoms with Crippen LogP contribution in [-0.2, 0) is 0 Å². The second kappa shape index (κ2) is 6.71. The van der Waals surface area contributed by atoms with Crippen molar-refractivity contribution in [3.8, 4) is 0 Å². The highest BCUT2D eigenvalue weighted by atomic mass is 79.9. The lowest BCUT2D eigenvalue weighted by Crippen LogP contribution is -2.32. The highest BCUT2D eigenvalue weighted by Crippen LogP contribution is 2.16. The lowest BCUT2D eigenvalue weighted by Gasteiger charge is -2.13. The van der Waals surface area contributed by atoms with E-state index in [1.165, 1.54) is 18.2 Å². The van der Waals surface area contributed by atoms with E-state index in [-0.39, 0.29) is 23.0 Å². The molecule has 0 saturated carbocycles. The molecule has 3 nitrogen and oxygen atoms in total. The Bertz CT molecular complexity index is 398. The molecule has 2 N–H and O–H groups in total. The minimum atomic E-state index is -0.394. The van der Waals surface area contributed by atoms with Gasteiger partial charge >= 0.3 is 0 Å². The molecule has 0 saturated heterocycles. The van der Waals surface area contributed by atoms with E-state index in [0.29, 0.717) is 18.4 Å². The highest BCUT2D eigenvalue weighted by molar-refractivity contribution is 9.10. The Morgan fingerprint density at radius 2 is 2.29 bits per heavy atom. The molecule has 0 bridgehead atoms. The van der Waals surface area contributed by atoms with Gasteiger partial charge in [-0.1, -0.05) is 0 Å². The van der Waals surface area contributed by atoms with Crippen molar-refractivity contribution in [2.24, 2.45) is 0 Å². The van der Waals surface area contributed by atoms with Gasteiger partial charge in [0, 0.05) is 18.2 Å². The number of rotatable bonds is 5. The predicted molar refractivity (Wildman–Crippen MR) is 67.3 cm³/mol. The first-order valence-electron chi connectivity index (χ1n) is 5.41. The summed E-state index contributed by atoms with van der Waals surface area (Å²) in [5.74, 6) is -0.633. The van der Waals surface area contributed by atoms with Crippen molar-refractivity contribution in [2.75, 3.05) is 6.61 Å². The van der Waals surface area contributed by atoms with Gasteiger partial charge in [-0.15, -0.1) is 0 Å². The largest absolute Gasteiger partial charge is 0.396 e. The van der Waals surface area contributed by atoms with Gasteiger partial charge in [0.25, 0.3) is 5.91 Å².